The maximum absolute atomic E-state index is 14.2. The minimum atomic E-state index is -3.78. The Balaban J connectivity index is 2.21. The van der Waals surface area contributed by atoms with Gasteiger partial charge in [-0.1, -0.05) is 41.4 Å². The van der Waals surface area contributed by atoms with Gasteiger partial charge in [-0.3, -0.25) is 13.9 Å². The molecule has 7 nitrogen and oxygen atoms in total. The summed E-state index contributed by atoms with van der Waals surface area (Å²) in [6.07, 6.45) is 0.998. The molecular formula is C22H26Cl2FN3O4S. The number of anilines is 1. The molecule has 0 radical (unpaired) electrons. The van der Waals surface area contributed by atoms with Crippen LogP contribution in [0.25, 0.3) is 0 Å². The zero-order valence-electron chi connectivity index (χ0n) is 18.5. The van der Waals surface area contributed by atoms with E-state index in [1.54, 1.807) is 25.1 Å². The summed E-state index contributed by atoms with van der Waals surface area (Å²) >= 11 is 12.5. The minimum Gasteiger partial charge on any atom is -0.357 e. The van der Waals surface area contributed by atoms with E-state index in [0.717, 1.165) is 10.6 Å². The van der Waals surface area contributed by atoms with Crippen molar-refractivity contribution in [2.45, 2.75) is 32.4 Å². The van der Waals surface area contributed by atoms with Gasteiger partial charge in [0.05, 0.1) is 11.9 Å². The predicted molar refractivity (Wildman–Crippen MR) is 128 cm³/mol. The molecule has 1 unspecified atom stereocenters. The van der Waals surface area contributed by atoms with Gasteiger partial charge >= 0.3 is 0 Å². The van der Waals surface area contributed by atoms with Crippen molar-refractivity contribution >= 4 is 50.7 Å². The zero-order valence-corrected chi connectivity index (χ0v) is 20.8. The van der Waals surface area contributed by atoms with Crippen LogP contribution in [0, 0.1) is 5.82 Å². The molecule has 0 aliphatic carbocycles. The molecule has 0 heterocycles. The molecule has 0 aliphatic rings. The third kappa shape index (κ3) is 7.06. The van der Waals surface area contributed by atoms with Crippen molar-refractivity contribution in [1.82, 2.24) is 10.2 Å². The highest BCUT2D eigenvalue weighted by atomic mass is 35.5. The Hall–Kier alpha value is -2.36. The minimum absolute atomic E-state index is 0.00493. The number of carbonyl (C=O) groups is 2. The number of nitrogens with zero attached hydrogens (tertiary/aromatic N) is 2. The second-order valence-electron chi connectivity index (χ2n) is 7.40. The molecule has 2 amide bonds. The number of nitrogens with one attached hydrogen (secondary N) is 1. The van der Waals surface area contributed by atoms with Crippen molar-refractivity contribution in [2.75, 3.05) is 24.2 Å². The average molecular weight is 518 g/mol. The molecule has 1 N–H and O–H groups in total. The molecule has 11 heteroatoms. The maximum Gasteiger partial charge on any atom is 0.242 e. The summed E-state index contributed by atoms with van der Waals surface area (Å²) in [4.78, 5) is 26.7. The molecule has 180 valence electrons. The molecular weight excluding hydrogens is 492 g/mol. The SMILES string of the molecule is CNC(=O)C(C)N(Cc1c(Cl)cccc1Cl)C(=O)CCCN(c1ccccc1F)S(C)(=O)=O. The molecule has 2 rings (SSSR count). The monoisotopic (exact) mass is 517 g/mol. The second-order valence-corrected chi connectivity index (χ2v) is 10.1. The number of likely N-dealkylation sites (N-methyl/N-ethyl adjacent to an activating group) is 1. The molecule has 2 aromatic carbocycles. The molecule has 0 aliphatic heterocycles. The normalized spacial score (nSPS) is 12.2. The van der Waals surface area contributed by atoms with Crippen LogP contribution in [0.1, 0.15) is 25.3 Å². The van der Waals surface area contributed by atoms with E-state index in [1.165, 1.54) is 36.2 Å². The first kappa shape index (κ1) is 26.9. The number of rotatable bonds is 10. The largest absolute Gasteiger partial charge is 0.357 e. The summed E-state index contributed by atoms with van der Waals surface area (Å²) in [6.45, 7) is 1.46. The number of amides is 2. The van der Waals surface area contributed by atoms with E-state index in [-0.39, 0.29) is 37.5 Å². The van der Waals surface area contributed by atoms with Crippen molar-refractivity contribution < 1.29 is 22.4 Å². The van der Waals surface area contributed by atoms with Gasteiger partial charge in [-0.15, -0.1) is 0 Å². The van der Waals surface area contributed by atoms with Gasteiger partial charge in [0.2, 0.25) is 21.8 Å². The fourth-order valence-corrected chi connectivity index (χ4v) is 4.76. The Morgan fingerprint density at radius 2 is 1.70 bits per heavy atom. The van der Waals surface area contributed by atoms with Gasteiger partial charge in [-0.05, 0) is 37.6 Å². The molecule has 0 saturated carbocycles. The highest BCUT2D eigenvalue weighted by Gasteiger charge is 2.27. The molecule has 0 fully saturated rings. The number of halogens is 3. The summed E-state index contributed by atoms with van der Waals surface area (Å²) in [7, 11) is -2.32. The summed E-state index contributed by atoms with van der Waals surface area (Å²) in [5, 5.41) is 3.22. The first-order valence-corrected chi connectivity index (χ1v) is 12.7. The van der Waals surface area contributed by atoms with E-state index in [9.17, 15) is 22.4 Å². The van der Waals surface area contributed by atoms with Crippen LogP contribution in [0.5, 0.6) is 0 Å². The fourth-order valence-electron chi connectivity index (χ4n) is 3.28. The van der Waals surface area contributed by atoms with Crippen molar-refractivity contribution in [1.29, 1.82) is 0 Å². The first-order chi connectivity index (χ1) is 15.5. The second kappa shape index (κ2) is 11.7. The topological polar surface area (TPSA) is 86.8 Å². The summed E-state index contributed by atoms with van der Waals surface area (Å²) < 4.78 is 39.6. The number of para-hydroxylation sites is 1. The molecule has 0 aromatic heterocycles. The molecule has 1 atom stereocenters. The summed E-state index contributed by atoms with van der Waals surface area (Å²) in [6, 6.07) is 9.62. The van der Waals surface area contributed by atoms with Gasteiger partial charge in [0, 0.05) is 42.2 Å². The van der Waals surface area contributed by atoms with E-state index in [1.807, 2.05) is 0 Å². The molecule has 33 heavy (non-hydrogen) atoms. The number of hydrogen-bond donors (Lipinski definition) is 1. The number of sulfonamides is 1. The lowest BCUT2D eigenvalue weighted by Gasteiger charge is -2.29. The van der Waals surface area contributed by atoms with E-state index in [4.69, 9.17) is 23.2 Å². The van der Waals surface area contributed by atoms with Crippen LogP contribution in [-0.4, -0.2) is 51.0 Å². The Morgan fingerprint density at radius 1 is 1.09 bits per heavy atom. The van der Waals surface area contributed by atoms with Gasteiger partial charge in [-0.2, -0.15) is 0 Å². The summed E-state index contributed by atoms with van der Waals surface area (Å²) in [5.41, 5.74) is 0.403. The van der Waals surface area contributed by atoms with E-state index in [2.05, 4.69) is 5.32 Å². The van der Waals surface area contributed by atoms with Crippen LogP contribution in [0.3, 0.4) is 0 Å². The number of carbonyl (C=O) groups excluding carboxylic acids is 2. The Labute approximate surface area is 203 Å². The highest BCUT2D eigenvalue weighted by molar-refractivity contribution is 7.92. The molecule has 0 spiro atoms. The van der Waals surface area contributed by atoms with Crippen molar-refractivity contribution in [3.05, 3.63) is 63.9 Å². The van der Waals surface area contributed by atoms with Crippen LogP contribution >= 0.6 is 23.2 Å². The Kier molecular flexibility index (Phi) is 9.51. The van der Waals surface area contributed by atoms with Crippen LogP contribution in [0.4, 0.5) is 10.1 Å². The van der Waals surface area contributed by atoms with Crippen LogP contribution in [0.2, 0.25) is 10.0 Å². The third-order valence-corrected chi connectivity index (χ3v) is 6.97. The first-order valence-electron chi connectivity index (χ1n) is 10.1. The van der Waals surface area contributed by atoms with Crippen molar-refractivity contribution in [3.63, 3.8) is 0 Å². The fraction of sp³-hybridized carbons (Fsp3) is 0.364. The Morgan fingerprint density at radius 3 is 2.24 bits per heavy atom. The van der Waals surface area contributed by atoms with Gasteiger partial charge in [0.25, 0.3) is 0 Å². The Bertz CT molecular complexity index is 1090. The lowest BCUT2D eigenvalue weighted by atomic mass is 10.1. The van der Waals surface area contributed by atoms with Crippen molar-refractivity contribution in [3.8, 4) is 0 Å². The standard InChI is InChI=1S/C22H26Cl2FN3O4S/c1-15(22(30)26-2)27(14-16-17(23)8-6-9-18(16)24)21(29)12-7-13-28(33(3,31)32)20-11-5-4-10-19(20)25/h4-6,8-11,15H,7,12-14H2,1-3H3,(H,26,30). The van der Waals surface area contributed by atoms with E-state index >= 15 is 0 Å². The van der Waals surface area contributed by atoms with Crippen LogP contribution in [-0.2, 0) is 26.2 Å². The van der Waals surface area contributed by atoms with Gasteiger partial charge < -0.3 is 10.2 Å². The van der Waals surface area contributed by atoms with Gasteiger partial charge in [0.1, 0.15) is 11.9 Å². The lowest BCUT2D eigenvalue weighted by Crippen LogP contribution is -2.47. The third-order valence-electron chi connectivity index (χ3n) is 5.08. The van der Waals surface area contributed by atoms with Gasteiger partial charge in [0.15, 0.2) is 0 Å². The highest BCUT2D eigenvalue weighted by Crippen LogP contribution is 2.27. The smallest absolute Gasteiger partial charge is 0.242 e. The van der Waals surface area contributed by atoms with Gasteiger partial charge in [-0.25, -0.2) is 12.8 Å². The maximum atomic E-state index is 14.2. The van der Waals surface area contributed by atoms with E-state index < -0.39 is 27.8 Å². The number of hydrogen-bond acceptors (Lipinski definition) is 4. The van der Waals surface area contributed by atoms with E-state index in [0.29, 0.717) is 15.6 Å². The lowest BCUT2D eigenvalue weighted by molar-refractivity contribution is -0.140. The molecule has 0 saturated heterocycles. The predicted octanol–water partition coefficient (Wildman–Crippen LogP) is 3.84. The zero-order chi connectivity index (χ0) is 24.8. The average Bonchev–Trinajstić information content (AvgIpc) is 2.75. The number of benzene rings is 2. The quantitative estimate of drug-likeness (QED) is 0.518. The van der Waals surface area contributed by atoms with Crippen molar-refractivity contribution in [2.24, 2.45) is 0 Å². The van der Waals surface area contributed by atoms with Crippen LogP contribution in [0.15, 0.2) is 42.5 Å². The summed E-state index contributed by atoms with van der Waals surface area (Å²) in [5.74, 6) is -1.46. The molecule has 2 aromatic rings. The molecule has 0 bridgehead atoms. The van der Waals surface area contributed by atoms with Crippen LogP contribution < -0.4 is 9.62 Å².